The molecule has 10 nitrogen and oxygen atoms in total. The van der Waals surface area contributed by atoms with Crippen molar-refractivity contribution in [2.75, 3.05) is 30.0 Å². The number of morpholine rings is 1. The van der Waals surface area contributed by atoms with Crippen molar-refractivity contribution in [3.63, 3.8) is 0 Å². The van der Waals surface area contributed by atoms with E-state index in [1.807, 2.05) is 0 Å². The molecular formula is C34H30N2O8S2. The van der Waals surface area contributed by atoms with Crippen molar-refractivity contribution in [3.8, 4) is 11.1 Å². The highest BCUT2D eigenvalue weighted by Crippen LogP contribution is 2.34. The van der Waals surface area contributed by atoms with Gasteiger partial charge >= 0.3 is 5.63 Å². The summed E-state index contributed by atoms with van der Waals surface area (Å²) in [6.07, 6.45) is 0. The van der Waals surface area contributed by atoms with E-state index < -0.39 is 25.7 Å². The maximum absolute atomic E-state index is 14.0. The highest BCUT2D eigenvalue weighted by atomic mass is 32.3. The van der Waals surface area contributed by atoms with Gasteiger partial charge in [-0.1, -0.05) is 47.5 Å². The van der Waals surface area contributed by atoms with E-state index in [1.165, 1.54) is 48.5 Å². The minimum atomic E-state index is -4.64. The predicted molar refractivity (Wildman–Crippen MR) is 174 cm³/mol. The Morgan fingerprint density at radius 2 is 1.26 bits per heavy atom. The van der Waals surface area contributed by atoms with E-state index in [1.54, 1.807) is 67.3 Å². The Bertz CT molecular complexity index is 2130. The smallest absolute Gasteiger partial charge is 0.344 e. The molecule has 1 aromatic heterocycles. The van der Waals surface area contributed by atoms with E-state index in [0.717, 1.165) is 11.1 Å². The molecule has 1 fully saturated rings. The second-order valence-corrected chi connectivity index (χ2v) is 14.8. The fourth-order valence-corrected chi connectivity index (χ4v) is 8.86. The van der Waals surface area contributed by atoms with Gasteiger partial charge in [-0.25, -0.2) is 21.6 Å². The molecule has 0 N–H and O–H groups in total. The number of hydrogen-bond acceptors (Lipinski definition) is 8. The molecule has 0 radical (unpaired) electrons. The van der Waals surface area contributed by atoms with Crippen molar-refractivity contribution >= 4 is 42.6 Å². The minimum Gasteiger partial charge on any atom is -0.422 e. The molecule has 1 saturated heterocycles. The number of carbonyl (C=O) groups excluding carboxylic acids is 1. The zero-order chi connectivity index (χ0) is 32.6. The van der Waals surface area contributed by atoms with Gasteiger partial charge in [0.2, 0.25) is 0 Å². The molecule has 0 bridgehead atoms. The normalized spacial score (nSPS) is 13.9. The van der Waals surface area contributed by atoms with Gasteiger partial charge < -0.3 is 14.1 Å². The fraction of sp³-hybridized carbons (Fsp3) is 0.176. The monoisotopic (exact) mass is 658 g/mol. The molecule has 0 atom stereocenters. The van der Waals surface area contributed by atoms with Gasteiger partial charge in [0.1, 0.15) is 5.58 Å². The molecule has 5 aromatic rings. The number of nitrogens with zero attached hydrogens (tertiary/aromatic N) is 2. The van der Waals surface area contributed by atoms with E-state index in [9.17, 15) is 26.4 Å². The van der Waals surface area contributed by atoms with Crippen molar-refractivity contribution in [1.29, 1.82) is 0 Å². The Kier molecular flexibility index (Phi) is 8.28. The summed E-state index contributed by atoms with van der Waals surface area (Å²) in [7, 11) is -9.28. The number of sulfonamides is 2. The third-order valence-electron chi connectivity index (χ3n) is 7.74. The van der Waals surface area contributed by atoms with E-state index in [0.29, 0.717) is 46.5 Å². The molecule has 2 heterocycles. The molecule has 46 heavy (non-hydrogen) atoms. The van der Waals surface area contributed by atoms with E-state index in [4.69, 9.17) is 9.15 Å². The number of hydrogen-bond donors (Lipinski definition) is 0. The van der Waals surface area contributed by atoms with Crippen LogP contribution in [0.25, 0.3) is 22.1 Å². The van der Waals surface area contributed by atoms with E-state index in [2.05, 4.69) is 0 Å². The summed E-state index contributed by atoms with van der Waals surface area (Å²) < 4.78 is 67.5. The van der Waals surface area contributed by atoms with Crippen LogP contribution in [-0.4, -0.2) is 53.9 Å². The number of ether oxygens (including phenoxy) is 1. The summed E-state index contributed by atoms with van der Waals surface area (Å²) in [6, 6.07) is 23.8. The number of anilines is 1. The molecule has 0 saturated carbocycles. The highest BCUT2D eigenvalue weighted by Gasteiger charge is 2.37. The van der Waals surface area contributed by atoms with Crippen LogP contribution in [0, 0.1) is 13.8 Å². The zero-order valence-corrected chi connectivity index (χ0v) is 26.7. The van der Waals surface area contributed by atoms with Crippen LogP contribution in [0.4, 0.5) is 5.69 Å². The first-order chi connectivity index (χ1) is 21.9. The first kappa shape index (κ1) is 31.2. The Labute approximate surface area is 266 Å². The van der Waals surface area contributed by atoms with Crippen LogP contribution in [0.1, 0.15) is 21.5 Å². The summed E-state index contributed by atoms with van der Waals surface area (Å²) >= 11 is 0. The van der Waals surface area contributed by atoms with Gasteiger partial charge in [0.05, 0.1) is 34.3 Å². The van der Waals surface area contributed by atoms with Crippen molar-refractivity contribution in [1.82, 2.24) is 4.90 Å². The van der Waals surface area contributed by atoms with Gasteiger partial charge in [0.25, 0.3) is 26.0 Å². The van der Waals surface area contributed by atoms with Crippen molar-refractivity contribution < 1.29 is 30.8 Å². The van der Waals surface area contributed by atoms with Gasteiger partial charge in [0, 0.05) is 24.0 Å². The van der Waals surface area contributed by atoms with Crippen molar-refractivity contribution in [3.05, 3.63) is 124 Å². The summed E-state index contributed by atoms with van der Waals surface area (Å²) in [5, 5.41) is 0.295. The van der Waals surface area contributed by atoms with Crippen molar-refractivity contribution in [2.45, 2.75) is 23.6 Å². The molecule has 236 valence electrons. The van der Waals surface area contributed by atoms with E-state index >= 15 is 0 Å². The van der Waals surface area contributed by atoms with Gasteiger partial charge in [-0.3, -0.25) is 4.79 Å². The standard InChI is InChI=1S/C34H30N2O8S2/c1-23-3-12-29(13-4-23)45(39,40)36(46(41,42)30-14-5-24(2)6-15-30)28-11-16-32-27(21-28)22-31(34(38)44-32)25-7-9-26(10-8-25)33(37)35-17-19-43-20-18-35/h3-16,21-22H,17-20H2,1-2H3. The molecule has 0 unspecified atom stereocenters. The zero-order valence-electron chi connectivity index (χ0n) is 25.0. The van der Waals surface area contributed by atoms with Crippen LogP contribution >= 0.6 is 0 Å². The SMILES string of the molecule is Cc1ccc(S(=O)(=O)N(c2ccc3oc(=O)c(-c4ccc(C(=O)N5CCOCC5)cc4)cc3c2)S(=O)(=O)c2ccc(C)cc2)cc1. The minimum absolute atomic E-state index is 0.136. The molecule has 1 aliphatic heterocycles. The lowest BCUT2D eigenvalue weighted by Crippen LogP contribution is -2.40. The first-order valence-electron chi connectivity index (χ1n) is 14.4. The summed E-state index contributed by atoms with van der Waals surface area (Å²) in [5.74, 6) is -0.144. The van der Waals surface area contributed by atoms with Crippen LogP contribution in [0.15, 0.2) is 116 Å². The summed E-state index contributed by atoms with van der Waals surface area (Å²) in [6.45, 7) is 5.52. The lowest BCUT2D eigenvalue weighted by Gasteiger charge is -2.26. The maximum Gasteiger partial charge on any atom is 0.344 e. The topological polar surface area (TPSA) is 131 Å². The lowest BCUT2D eigenvalue weighted by molar-refractivity contribution is 0.0303. The molecule has 0 spiro atoms. The second kappa shape index (κ2) is 12.2. The predicted octanol–water partition coefficient (Wildman–Crippen LogP) is 5.13. The summed E-state index contributed by atoms with van der Waals surface area (Å²) in [5.41, 5.74) is 2.01. The third-order valence-corrected chi connectivity index (χ3v) is 12.0. The number of rotatable bonds is 7. The molecule has 1 aliphatic rings. The van der Waals surface area contributed by atoms with Crippen LogP contribution in [0.2, 0.25) is 0 Å². The van der Waals surface area contributed by atoms with Gasteiger partial charge in [0.15, 0.2) is 0 Å². The lowest BCUT2D eigenvalue weighted by atomic mass is 10.0. The molecule has 6 rings (SSSR count). The summed E-state index contributed by atoms with van der Waals surface area (Å²) in [4.78, 5) is 27.2. The maximum atomic E-state index is 14.0. The fourth-order valence-electron chi connectivity index (χ4n) is 5.19. The van der Waals surface area contributed by atoms with Gasteiger partial charge in [-0.05, 0) is 80.1 Å². The largest absolute Gasteiger partial charge is 0.422 e. The number of aryl methyl sites for hydroxylation is 2. The molecule has 1 amide bonds. The molecule has 0 aliphatic carbocycles. The Morgan fingerprint density at radius 1 is 0.717 bits per heavy atom. The van der Waals surface area contributed by atoms with Crippen LogP contribution in [-0.2, 0) is 24.8 Å². The molecule has 4 aromatic carbocycles. The third kappa shape index (κ3) is 5.94. The van der Waals surface area contributed by atoms with Crippen LogP contribution < -0.4 is 9.34 Å². The van der Waals surface area contributed by atoms with Crippen LogP contribution in [0.5, 0.6) is 0 Å². The number of amides is 1. The van der Waals surface area contributed by atoms with Gasteiger partial charge in [-0.15, -0.1) is 0 Å². The molecule has 12 heteroatoms. The average molecular weight is 659 g/mol. The Hall–Kier alpha value is -4.78. The Balaban J connectivity index is 1.44. The first-order valence-corrected chi connectivity index (χ1v) is 17.3. The quantitative estimate of drug-likeness (QED) is 0.220. The second-order valence-electron chi connectivity index (χ2n) is 11.0. The van der Waals surface area contributed by atoms with Crippen molar-refractivity contribution in [2.24, 2.45) is 0 Å². The van der Waals surface area contributed by atoms with E-state index in [-0.39, 0.29) is 32.5 Å². The molecular weight excluding hydrogens is 629 g/mol. The number of carbonyl (C=O) groups is 1. The van der Waals surface area contributed by atoms with Gasteiger partial charge in [-0.2, -0.15) is 3.71 Å². The Morgan fingerprint density at radius 3 is 1.80 bits per heavy atom. The highest BCUT2D eigenvalue weighted by molar-refractivity contribution is 8.10. The number of benzene rings is 4. The average Bonchev–Trinajstić information content (AvgIpc) is 3.05. The van der Waals surface area contributed by atoms with Crippen LogP contribution in [0.3, 0.4) is 0 Å². The number of fused-ring (bicyclic) bond motifs is 1.